The van der Waals surface area contributed by atoms with Crippen molar-refractivity contribution in [3.05, 3.63) is 25.3 Å². The average molecular weight is 1090 g/mol. The maximum absolute atomic E-state index is 14.9. The zero-order valence-corrected chi connectivity index (χ0v) is 30.3. The van der Waals surface area contributed by atoms with Crippen LogP contribution in [0.3, 0.4) is 0 Å². The highest BCUT2D eigenvalue weighted by atomic mass is 19.5. The van der Waals surface area contributed by atoms with Gasteiger partial charge in [0.25, 0.3) is 0 Å². The molecule has 0 rings (SSSR count). The molecule has 67 heavy (non-hydrogen) atoms. The van der Waals surface area contributed by atoms with E-state index in [0.29, 0.717) is 0 Å². The van der Waals surface area contributed by atoms with Gasteiger partial charge in [0, 0.05) is 0 Å². The fraction of sp³-hybridized carbons (Fsp3) is 0.857. The maximum Gasteiger partial charge on any atom is 0.438 e. The van der Waals surface area contributed by atoms with Crippen molar-refractivity contribution in [3.63, 3.8) is 0 Å². The third-order valence-corrected chi connectivity index (χ3v) is 8.99. The van der Waals surface area contributed by atoms with Crippen LogP contribution in [0, 0.1) is 11.8 Å². The number of halogens is 38. The van der Waals surface area contributed by atoms with Gasteiger partial charge in [0.15, 0.2) is 0 Å². The minimum Gasteiger partial charge on any atom is -0.380 e. The molecule has 0 aromatic heterocycles. The summed E-state index contributed by atoms with van der Waals surface area (Å²) in [4.78, 5) is 0. The van der Waals surface area contributed by atoms with E-state index >= 15 is 0 Å². The lowest BCUT2D eigenvalue weighted by atomic mass is 9.81. The van der Waals surface area contributed by atoms with E-state index < -0.39 is 157 Å². The summed E-state index contributed by atoms with van der Waals surface area (Å²) in [6.45, 7) is -1.70. The van der Waals surface area contributed by atoms with Gasteiger partial charge < -0.3 is 4.74 Å². The van der Waals surface area contributed by atoms with Crippen molar-refractivity contribution in [2.24, 2.45) is 11.8 Å². The standard InChI is InChI=1S/C28H16F38O/c1-3-5-9(11(29,30)15(35,36)19(43,44)23(51,52)21(47,48)17(39,40)13(33,25(55,56)57)26(58,59)60)7-67-8-10(6-4-2)12(31,32)16(37,38)20(45,46)24(53,54)22(49,50)18(41,42)14(34,27(61,62)63)28(64,65)66/h3-4,9-10H,1-2,5-8H2. The number of allylic oxidation sites excluding steroid dienone is 2. The van der Waals surface area contributed by atoms with Crippen molar-refractivity contribution in [1.82, 2.24) is 0 Å². The molecule has 0 saturated heterocycles. The second-order valence-corrected chi connectivity index (χ2v) is 13.3. The zero-order valence-electron chi connectivity index (χ0n) is 30.3. The molecule has 0 bridgehead atoms. The predicted octanol–water partition coefficient (Wildman–Crippen LogP) is 14.7. The SMILES string of the molecule is C=CCC(COCC(CC=C)C(F)(F)C(F)(F)C(F)(F)C(F)(F)C(F)(F)C(F)(F)C(F)(C(F)(F)F)C(F)(F)F)C(F)(F)C(F)(F)C(F)(F)C(F)(F)C(F)(F)C(F)(F)C(F)(C(F)(F)F)C(F)(F)F. The normalized spacial score (nSPS) is 17.4. The highest BCUT2D eigenvalue weighted by molar-refractivity contribution is 5.21. The van der Waals surface area contributed by atoms with Gasteiger partial charge in [-0.1, -0.05) is 12.2 Å². The fourth-order valence-electron chi connectivity index (χ4n) is 4.98. The molecule has 400 valence electrons. The molecule has 0 N–H and O–H groups in total. The van der Waals surface area contributed by atoms with Crippen LogP contribution >= 0.6 is 0 Å². The van der Waals surface area contributed by atoms with Crippen LogP contribution in [-0.4, -0.2) is 120 Å². The molecule has 0 aliphatic rings. The topological polar surface area (TPSA) is 9.23 Å². The van der Waals surface area contributed by atoms with Crippen molar-refractivity contribution in [2.75, 3.05) is 13.2 Å². The largest absolute Gasteiger partial charge is 0.438 e. The molecule has 0 radical (unpaired) electrons. The second-order valence-electron chi connectivity index (χ2n) is 13.3. The van der Waals surface area contributed by atoms with Crippen LogP contribution in [0.5, 0.6) is 0 Å². The Kier molecular flexibility index (Phi) is 16.4. The molecule has 2 atom stereocenters. The van der Waals surface area contributed by atoms with Gasteiger partial charge in [0.1, 0.15) is 0 Å². The Morgan fingerprint density at radius 3 is 0.597 bits per heavy atom. The zero-order chi connectivity index (χ0) is 55.1. The van der Waals surface area contributed by atoms with Gasteiger partial charge in [0.2, 0.25) is 0 Å². The first-order chi connectivity index (χ1) is 28.6. The number of alkyl halides is 38. The number of hydrogen-bond donors (Lipinski definition) is 0. The smallest absolute Gasteiger partial charge is 0.380 e. The first-order valence-electron chi connectivity index (χ1n) is 15.6. The van der Waals surface area contributed by atoms with Crippen LogP contribution in [0.1, 0.15) is 12.8 Å². The van der Waals surface area contributed by atoms with Crippen LogP contribution in [0.15, 0.2) is 25.3 Å². The summed E-state index contributed by atoms with van der Waals surface area (Å²) in [7, 11) is 0. The minimum absolute atomic E-state index is 0.409. The molecule has 0 aromatic rings. The van der Waals surface area contributed by atoms with Crippen molar-refractivity contribution in [1.29, 1.82) is 0 Å². The Bertz CT molecular complexity index is 1570. The predicted molar refractivity (Wildman–Crippen MR) is 139 cm³/mol. The van der Waals surface area contributed by atoms with E-state index in [1.807, 2.05) is 0 Å². The molecule has 0 aliphatic carbocycles. The summed E-state index contributed by atoms with van der Waals surface area (Å²) in [6.07, 6.45) is -40.5. The van der Waals surface area contributed by atoms with Crippen LogP contribution in [-0.2, 0) is 4.74 Å². The minimum atomic E-state index is -9.56. The number of hydrogen-bond acceptors (Lipinski definition) is 1. The van der Waals surface area contributed by atoms with Crippen molar-refractivity contribution in [2.45, 2.75) is 120 Å². The molecule has 2 unspecified atom stereocenters. The summed E-state index contributed by atoms with van der Waals surface area (Å²) in [6, 6.07) is 0. The van der Waals surface area contributed by atoms with Gasteiger partial charge in [0.05, 0.1) is 25.0 Å². The second kappa shape index (κ2) is 17.3. The number of ether oxygens (including phenoxy) is 1. The van der Waals surface area contributed by atoms with E-state index in [0.717, 1.165) is 0 Å². The van der Waals surface area contributed by atoms with Crippen LogP contribution < -0.4 is 0 Å². The van der Waals surface area contributed by atoms with Gasteiger partial charge in [-0.25, -0.2) is 8.78 Å². The van der Waals surface area contributed by atoms with Crippen molar-refractivity contribution < 1.29 is 172 Å². The third kappa shape index (κ3) is 8.54. The molecule has 0 amide bonds. The summed E-state index contributed by atoms with van der Waals surface area (Å²) in [5.41, 5.74) is -18.3. The molecular formula is C28H16F38O. The Morgan fingerprint density at radius 2 is 0.433 bits per heavy atom. The van der Waals surface area contributed by atoms with Crippen molar-refractivity contribution in [3.8, 4) is 0 Å². The highest BCUT2D eigenvalue weighted by Crippen LogP contribution is 2.69. The summed E-state index contributed by atoms with van der Waals surface area (Å²) < 4.78 is 527. The van der Waals surface area contributed by atoms with E-state index in [1.165, 1.54) is 0 Å². The van der Waals surface area contributed by atoms with Crippen LogP contribution in [0.4, 0.5) is 167 Å². The lowest BCUT2D eigenvalue weighted by Crippen LogP contribution is -2.78. The Balaban J connectivity index is 7.43. The molecule has 0 aliphatic heterocycles. The Labute approximate surface area is 343 Å². The lowest BCUT2D eigenvalue weighted by Gasteiger charge is -2.46. The highest BCUT2D eigenvalue weighted by Gasteiger charge is 3.00. The monoisotopic (exact) mass is 1090 g/mol. The van der Waals surface area contributed by atoms with E-state index in [2.05, 4.69) is 17.9 Å². The Hall–Kier alpha value is -3.22. The molecule has 0 saturated carbocycles. The first kappa shape index (κ1) is 63.8. The molecule has 39 heteroatoms. The van der Waals surface area contributed by atoms with Gasteiger partial charge in [-0.15, -0.1) is 13.2 Å². The summed E-state index contributed by atoms with van der Waals surface area (Å²) in [5, 5.41) is 0. The summed E-state index contributed by atoms with van der Waals surface area (Å²) in [5.74, 6) is -118. The van der Waals surface area contributed by atoms with E-state index in [-0.39, 0.29) is 0 Å². The molecule has 1 nitrogen and oxygen atoms in total. The van der Waals surface area contributed by atoms with E-state index in [9.17, 15) is 167 Å². The molecule has 0 spiro atoms. The van der Waals surface area contributed by atoms with Gasteiger partial charge >= 0.3 is 107 Å². The Morgan fingerprint density at radius 1 is 0.269 bits per heavy atom. The average Bonchev–Trinajstić information content (AvgIpc) is 3.10. The lowest BCUT2D eigenvalue weighted by molar-refractivity contribution is -0.473. The molecular weight excluding hydrogens is 1070 g/mol. The van der Waals surface area contributed by atoms with Crippen LogP contribution in [0.2, 0.25) is 0 Å². The van der Waals surface area contributed by atoms with Gasteiger partial charge in [-0.2, -0.15) is 158 Å². The van der Waals surface area contributed by atoms with Crippen molar-refractivity contribution >= 4 is 0 Å². The van der Waals surface area contributed by atoms with Crippen LogP contribution in [0.25, 0.3) is 0 Å². The molecule has 0 heterocycles. The quantitative estimate of drug-likeness (QED) is 0.0776. The van der Waals surface area contributed by atoms with Gasteiger partial charge in [-0.3, -0.25) is 0 Å². The summed E-state index contributed by atoms with van der Waals surface area (Å²) >= 11 is 0. The fourth-order valence-corrected chi connectivity index (χ4v) is 4.98. The van der Waals surface area contributed by atoms with Gasteiger partial charge in [-0.05, 0) is 12.8 Å². The first-order valence-corrected chi connectivity index (χ1v) is 15.6. The van der Waals surface area contributed by atoms with E-state index in [4.69, 9.17) is 0 Å². The van der Waals surface area contributed by atoms with E-state index in [1.54, 1.807) is 0 Å². The molecule has 0 aromatic carbocycles. The number of rotatable bonds is 22. The maximum atomic E-state index is 14.9. The molecule has 0 fully saturated rings. The third-order valence-electron chi connectivity index (χ3n) is 8.99.